The Morgan fingerprint density at radius 2 is 1.90 bits per heavy atom. The maximum Gasteiger partial charge on any atom is 0.144 e. The quantitative estimate of drug-likeness (QED) is 0.663. The van der Waals surface area contributed by atoms with Crippen LogP contribution in [0.4, 0.5) is 4.39 Å². The summed E-state index contributed by atoms with van der Waals surface area (Å²) in [6, 6.07) is 10.4. The first-order valence-electron chi connectivity index (χ1n) is 6.67. The predicted octanol–water partition coefficient (Wildman–Crippen LogP) is 5.81. The van der Waals surface area contributed by atoms with Crippen molar-refractivity contribution in [1.29, 1.82) is 0 Å². The second-order valence-electron chi connectivity index (χ2n) is 4.64. The van der Waals surface area contributed by atoms with Crippen LogP contribution in [0.25, 0.3) is 0 Å². The minimum Gasteiger partial charge on any atom is -0.456 e. The first-order chi connectivity index (χ1) is 10.0. The summed E-state index contributed by atoms with van der Waals surface area (Å²) < 4.78 is 20.9. The Morgan fingerprint density at radius 1 is 1.14 bits per heavy atom. The number of hydrogen-bond donors (Lipinski definition) is 1. The summed E-state index contributed by atoms with van der Waals surface area (Å²) in [5.41, 5.74) is 1.02. The zero-order valence-corrected chi connectivity index (χ0v) is 15.0. The van der Waals surface area contributed by atoms with Gasteiger partial charge in [-0.05, 0) is 53.7 Å². The highest BCUT2D eigenvalue weighted by molar-refractivity contribution is 9.10. The molecule has 2 aromatic rings. The highest BCUT2D eigenvalue weighted by Gasteiger charge is 2.14. The van der Waals surface area contributed by atoms with Crippen LogP contribution in [0.15, 0.2) is 45.3 Å². The van der Waals surface area contributed by atoms with Crippen molar-refractivity contribution in [2.45, 2.75) is 19.9 Å². The second kappa shape index (κ2) is 7.38. The first kappa shape index (κ1) is 16.5. The van der Waals surface area contributed by atoms with Gasteiger partial charge >= 0.3 is 0 Å². The normalized spacial score (nSPS) is 12.2. The molecule has 21 heavy (non-hydrogen) atoms. The summed E-state index contributed by atoms with van der Waals surface area (Å²) >= 11 is 6.82. The zero-order chi connectivity index (χ0) is 15.4. The van der Waals surface area contributed by atoms with Crippen molar-refractivity contribution in [1.82, 2.24) is 5.32 Å². The van der Waals surface area contributed by atoms with Crippen molar-refractivity contribution in [3.63, 3.8) is 0 Å². The van der Waals surface area contributed by atoms with E-state index in [1.54, 1.807) is 6.07 Å². The average molecular weight is 417 g/mol. The van der Waals surface area contributed by atoms with E-state index in [4.69, 9.17) is 4.74 Å². The lowest BCUT2D eigenvalue weighted by molar-refractivity contribution is 0.456. The van der Waals surface area contributed by atoms with Gasteiger partial charge in [-0.2, -0.15) is 0 Å². The number of rotatable bonds is 5. The van der Waals surface area contributed by atoms with Crippen molar-refractivity contribution in [3.05, 3.63) is 56.7 Å². The smallest absolute Gasteiger partial charge is 0.144 e. The minimum atomic E-state index is -0.329. The third kappa shape index (κ3) is 4.28. The molecule has 0 heterocycles. The molecule has 0 saturated heterocycles. The van der Waals surface area contributed by atoms with Gasteiger partial charge < -0.3 is 10.1 Å². The summed E-state index contributed by atoms with van der Waals surface area (Å²) in [6.07, 6.45) is 0. The third-order valence-electron chi connectivity index (χ3n) is 3.07. The zero-order valence-electron chi connectivity index (χ0n) is 11.8. The van der Waals surface area contributed by atoms with E-state index in [-0.39, 0.29) is 11.9 Å². The number of hydrogen-bond acceptors (Lipinski definition) is 2. The van der Waals surface area contributed by atoms with Gasteiger partial charge in [-0.1, -0.05) is 28.9 Å². The fourth-order valence-corrected chi connectivity index (χ4v) is 2.71. The van der Waals surface area contributed by atoms with E-state index in [1.807, 2.05) is 18.2 Å². The van der Waals surface area contributed by atoms with Gasteiger partial charge in [-0.25, -0.2) is 4.39 Å². The van der Waals surface area contributed by atoms with Gasteiger partial charge in [-0.3, -0.25) is 0 Å². The van der Waals surface area contributed by atoms with Crippen LogP contribution in [0.2, 0.25) is 0 Å². The summed E-state index contributed by atoms with van der Waals surface area (Å²) in [6.45, 7) is 4.99. The average Bonchev–Trinajstić information content (AvgIpc) is 2.43. The second-order valence-corrected chi connectivity index (χ2v) is 6.41. The molecule has 5 heteroatoms. The largest absolute Gasteiger partial charge is 0.456 e. The molecule has 0 radical (unpaired) electrons. The van der Waals surface area contributed by atoms with Gasteiger partial charge in [0.25, 0.3) is 0 Å². The van der Waals surface area contributed by atoms with E-state index < -0.39 is 0 Å². The Balaban J connectivity index is 2.38. The van der Waals surface area contributed by atoms with E-state index in [0.717, 1.165) is 16.6 Å². The number of ether oxygens (including phenoxy) is 1. The molecular formula is C16H16Br2FNO. The fraction of sp³-hybridized carbons (Fsp3) is 0.250. The molecule has 1 unspecified atom stereocenters. The molecule has 1 atom stereocenters. The van der Waals surface area contributed by atoms with Crippen LogP contribution in [-0.2, 0) is 0 Å². The summed E-state index contributed by atoms with van der Waals surface area (Å²) in [4.78, 5) is 0. The standard InChI is InChI=1S/C16H16Br2FNO/c1-3-20-10(2)13-6-4-11(17)8-15(13)21-16-9-12(19)5-7-14(16)18/h4-10,20H,3H2,1-2H3. The monoisotopic (exact) mass is 415 g/mol. The van der Waals surface area contributed by atoms with E-state index >= 15 is 0 Å². The number of benzene rings is 2. The fourth-order valence-electron chi connectivity index (χ4n) is 2.04. The lowest BCUT2D eigenvalue weighted by Gasteiger charge is -2.18. The molecule has 1 N–H and O–H groups in total. The van der Waals surface area contributed by atoms with Crippen LogP contribution in [0.3, 0.4) is 0 Å². The van der Waals surface area contributed by atoms with Gasteiger partial charge in [0.05, 0.1) is 4.47 Å². The molecule has 2 nitrogen and oxygen atoms in total. The lowest BCUT2D eigenvalue weighted by atomic mass is 10.1. The minimum absolute atomic E-state index is 0.144. The third-order valence-corrected chi connectivity index (χ3v) is 4.21. The Hall–Kier alpha value is -0.910. The van der Waals surface area contributed by atoms with Crippen molar-refractivity contribution in [2.75, 3.05) is 6.54 Å². The maximum atomic E-state index is 13.4. The Bertz CT molecular complexity index is 634. The molecule has 0 fully saturated rings. The molecule has 0 bridgehead atoms. The molecule has 112 valence electrons. The van der Waals surface area contributed by atoms with Gasteiger partial charge in [0, 0.05) is 22.1 Å². The molecule has 2 aromatic carbocycles. The van der Waals surface area contributed by atoms with E-state index in [0.29, 0.717) is 16.0 Å². The number of nitrogens with one attached hydrogen (secondary N) is 1. The van der Waals surface area contributed by atoms with Crippen LogP contribution >= 0.6 is 31.9 Å². The first-order valence-corrected chi connectivity index (χ1v) is 8.25. The predicted molar refractivity (Wildman–Crippen MR) is 90.4 cm³/mol. The maximum absolute atomic E-state index is 13.4. The molecular weight excluding hydrogens is 401 g/mol. The molecule has 2 rings (SSSR count). The summed E-state index contributed by atoms with van der Waals surface area (Å²) in [7, 11) is 0. The van der Waals surface area contributed by atoms with E-state index in [9.17, 15) is 4.39 Å². The van der Waals surface area contributed by atoms with Gasteiger partial charge in [0.1, 0.15) is 17.3 Å². The van der Waals surface area contributed by atoms with Crippen LogP contribution < -0.4 is 10.1 Å². The molecule has 0 saturated carbocycles. The van der Waals surface area contributed by atoms with Crippen molar-refractivity contribution < 1.29 is 9.13 Å². The molecule has 0 amide bonds. The van der Waals surface area contributed by atoms with Crippen molar-refractivity contribution >= 4 is 31.9 Å². The summed E-state index contributed by atoms with van der Waals surface area (Å²) in [5.74, 6) is 0.826. The molecule has 0 aromatic heterocycles. The Kier molecular flexibility index (Phi) is 5.79. The van der Waals surface area contributed by atoms with Crippen LogP contribution in [-0.4, -0.2) is 6.54 Å². The van der Waals surface area contributed by atoms with Crippen molar-refractivity contribution in [2.24, 2.45) is 0 Å². The van der Waals surface area contributed by atoms with Gasteiger partial charge in [0.15, 0.2) is 0 Å². The highest BCUT2D eigenvalue weighted by atomic mass is 79.9. The van der Waals surface area contributed by atoms with Gasteiger partial charge in [-0.15, -0.1) is 0 Å². The van der Waals surface area contributed by atoms with Gasteiger partial charge in [0.2, 0.25) is 0 Å². The van der Waals surface area contributed by atoms with Crippen LogP contribution in [0.1, 0.15) is 25.5 Å². The summed E-state index contributed by atoms with van der Waals surface area (Å²) in [5, 5.41) is 3.35. The SMILES string of the molecule is CCNC(C)c1ccc(Br)cc1Oc1cc(F)ccc1Br. The molecule has 0 aliphatic rings. The number of halogens is 3. The molecule has 0 aliphatic carbocycles. The molecule has 0 aliphatic heterocycles. The Labute approximate surface area is 141 Å². The topological polar surface area (TPSA) is 21.3 Å². The lowest BCUT2D eigenvalue weighted by Crippen LogP contribution is -2.18. The highest BCUT2D eigenvalue weighted by Crippen LogP contribution is 2.35. The molecule has 0 spiro atoms. The van der Waals surface area contributed by atoms with Crippen LogP contribution in [0, 0.1) is 5.82 Å². The Morgan fingerprint density at radius 3 is 2.62 bits per heavy atom. The van der Waals surface area contributed by atoms with Crippen LogP contribution in [0.5, 0.6) is 11.5 Å². The van der Waals surface area contributed by atoms with E-state index in [2.05, 4.69) is 51.0 Å². The van der Waals surface area contributed by atoms with E-state index in [1.165, 1.54) is 12.1 Å². The van der Waals surface area contributed by atoms with Crippen molar-refractivity contribution in [3.8, 4) is 11.5 Å².